The van der Waals surface area contributed by atoms with E-state index in [1.807, 2.05) is 0 Å². The average molecular weight is 606 g/mol. The van der Waals surface area contributed by atoms with Gasteiger partial charge >= 0.3 is 6.18 Å². The number of para-hydroxylation sites is 1. The molecule has 0 saturated carbocycles. The van der Waals surface area contributed by atoms with Gasteiger partial charge in [-0.2, -0.15) is 13.2 Å². The van der Waals surface area contributed by atoms with E-state index in [9.17, 15) is 31.2 Å². The van der Waals surface area contributed by atoms with E-state index in [4.69, 9.17) is 16.0 Å². The summed E-state index contributed by atoms with van der Waals surface area (Å²) >= 11 is 5.74. The van der Waals surface area contributed by atoms with Crippen molar-refractivity contribution in [3.63, 3.8) is 0 Å². The molecule has 8 nitrogen and oxygen atoms in total. The Morgan fingerprint density at radius 2 is 1.68 bits per heavy atom. The lowest BCUT2D eigenvalue weighted by Crippen LogP contribution is -2.38. The number of amides is 2. The zero-order valence-electron chi connectivity index (χ0n) is 21.4. The summed E-state index contributed by atoms with van der Waals surface area (Å²) in [6.45, 7) is 0.908. The van der Waals surface area contributed by atoms with E-state index in [1.165, 1.54) is 42.7 Å². The molecule has 2 N–H and O–H groups in total. The molecule has 0 aliphatic rings. The maximum Gasteiger partial charge on any atom is 0.417 e. The van der Waals surface area contributed by atoms with Crippen LogP contribution < -0.4 is 14.9 Å². The Morgan fingerprint density at radius 3 is 2.34 bits per heavy atom. The van der Waals surface area contributed by atoms with Gasteiger partial charge in [0.05, 0.1) is 45.2 Å². The van der Waals surface area contributed by atoms with Crippen molar-refractivity contribution < 1.29 is 35.6 Å². The number of rotatable bonds is 9. The summed E-state index contributed by atoms with van der Waals surface area (Å²) in [5.74, 6) is -0.956. The third-order valence-corrected chi connectivity index (χ3v) is 8.01. The molecule has 0 aliphatic carbocycles. The number of carbonyl (C=O) groups is 2. The Bertz CT molecular complexity index is 1660. The van der Waals surface area contributed by atoms with Gasteiger partial charge in [0.2, 0.25) is 5.91 Å². The lowest BCUT2D eigenvalue weighted by atomic mass is 10.1. The van der Waals surface area contributed by atoms with E-state index in [0.717, 1.165) is 17.7 Å². The lowest BCUT2D eigenvalue weighted by Gasteiger charge is -2.25. The van der Waals surface area contributed by atoms with Crippen molar-refractivity contribution >= 4 is 44.8 Å². The standard InChI is InChI=1S/C28H23ClF3N3O5S/c1-18-8-11-21(12-9-18)41(38,39)35(19-10-13-24(29)23(15-19)28(30,31)32)17-26(36)34-25-7-3-2-6-22(25)27(37)33-16-20-5-4-14-40-20/h2-15H,16-17H2,1H3,(H,33,37)(H,34,36). The van der Waals surface area contributed by atoms with Gasteiger partial charge in [0, 0.05) is 0 Å². The number of hydrogen-bond acceptors (Lipinski definition) is 5. The van der Waals surface area contributed by atoms with Crippen molar-refractivity contribution in [1.82, 2.24) is 5.32 Å². The van der Waals surface area contributed by atoms with Gasteiger partial charge in [-0.25, -0.2) is 8.42 Å². The summed E-state index contributed by atoms with van der Waals surface area (Å²) in [7, 11) is -4.52. The summed E-state index contributed by atoms with van der Waals surface area (Å²) in [6.07, 6.45) is -3.43. The molecule has 1 aromatic heterocycles. The number of aryl methyl sites for hydroxylation is 1. The Morgan fingerprint density at radius 1 is 0.976 bits per heavy atom. The first-order valence-corrected chi connectivity index (χ1v) is 13.8. The van der Waals surface area contributed by atoms with Crippen LogP contribution in [0.2, 0.25) is 5.02 Å². The normalized spacial score (nSPS) is 11.6. The molecule has 41 heavy (non-hydrogen) atoms. The number of sulfonamides is 1. The van der Waals surface area contributed by atoms with E-state index in [-0.39, 0.29) is 22.7 Å². The SMILES string of the molecule is Cc1ccc(S(=O)(=O)N(CC(=O)Nc2ccccc2C(=O)NCc2ccco2)c2ccc(Cl)c(C(F)(F)F)c2)cc1. The van der Waals surface area contributed by atoms with Crippen LogP contribution in [-0.4, -0.2) is 26.8 Å². The van der Waals surface area contributed by atoms with Crippen molar-refractivity contribution in [1.29, 1.82) is 0 Å². The molecule has 0 fully saturated rings. The molecule has 3 aromatic carbocycles. The average Bonchev–Trinajstić information content (AvgIpc) is 3.44. The van der Waals surface area contributed by atoms with E-state index in [0.29, 0.717) is 16.1 Å². The van der Waals surface area contributed by atoms with Crippen LogP contribution in [0.1, 0.15) is 27.2 Å². The molecule has 4 rings (SSSR count). The number of carbonyl (C=O) groups excluding carboxylic acids is 2. The van der Waals surface area contributed by atoms with Crippen molar-refractivity contribution in [2.24, 2.45) is 0 Å². The molecule has 1 heterocycles. The molecule has 0 aliphatic heterocycles. The number of halogens is 4. The number of nitrogens with zero attached hydrogens (tertiary/aromatic N) is 1. The van der Waals surface area contributed by atoms with Gasteiger partial charge in [-0.15, -0.1) is 0 Å². The topological polar surface area (TPSA) is 109 Å². The van der Waals surface area contributed by atoms with Crippen LogP contribution in [0, 0.1) is 6.92 Å². The van der Waals surface area contributed by atoms with Crippen LogP contribution in [0.25, 0.3) is 0 Å². The first-order valence-electron chi connectivity index (χ1n) is 12.0. The van der Waals surface area contributed by atoms with Gasteiger partial charge in [-0.05, 0) is 61.5 Å². The predicted molar refractivity (Wildman–Crippen MR) is 147 cm³/mol. The van der Waals surface area contributed by atoms with Gasteiger partial charge in [-0.3, -0.25) is 13.9 Å². The van der Waals surface area contributed by atoms with Crippen LogP contribution in [-0.2, 0) is 27.5 Å². The summed E-state index contributed by atoms with van der Waals surface area (Å²) in [5, 5.41) is 4.51. The number of hydrogen-bond donors (Lipinski definition) is 2. The molecule has 4 aromatic rings. The van der Waals surface area contributed by atoms with Crippen molar-refractivity contribution in [2.45, 2.75) is 24.5 Å². The largest absolute Gasteiger partial charge is 0.467 e. The highest BCUT2D eigenvalue weighted by Gasteiger charge is 2.35. The van der Waals surface area contributed by atoms with E-state index in [2.05, 4.69) is 10.6 Å². The minimum atomic E-state index is -4.88. The Balaban J connectivity index is 1.65. The molecule has 2 amide bonds. The molecule has 214 valence electrons. The first-order chi connectivity index (χ1) is 19.4. The quantitative estimate of drug-likeness (QED) is 0.242. The van der Waals surface area contributed by atoms with E-state index < -0.39 is 50.8 Å². The highest BCUT2D eigenvalue weighted by Crippen LogP contribution is 2.38. The van der Waals surface area contributed by atoms with Crippen molar-refractivity contribution in [3.05, 3.63) is 113 Å². The molecule has 0 unspecified atom stereocenters. The molecular formula is C28H23ClF3N3O5S. The van der Waals surface area contributed by atoms with E-state index >= 15 is 0 Å². The second kappa shape index (κ2) is 12.1. The Hall–Kier alpha value is -4.29. The first kappa shape index (κ1) is 29.7. The highest BCUT2D eigenvalue weighted by atomic mass is 35.5. The predicted octanol–water partition coefficient (Wildman–Crippen LogP) is 6.02. The fraction of sp³-hybridized carbons (Fsp3) is 0.143. The Labute approximate surface area is 238 Å². The molecule has 0 radical (unpaired) electrons. The summed E-state index contributed by atoms with van der Waals surface area (Å²) in [6, 6.07) is 17.5. The monoisotopic (exact) mass is 605 g/mol. The number of alkyl halides is 3. The van der Waals surface area contributed by atoms with Gasteiger partial charge in [0.1, 0.15) is 12.3 Å². The maximum atomic E-state index is 13.6. The molecule has 0 spiro atoms. The van der Waals surface area contributed by atoms with Gasteiger partial charge in [-0.1, -0.05) is 41.4 Å². The summed E-state index contributed by atoms with van der Waals surface area (Å²) in [4.78, 5) is 25.7. The van der Waals surface area contributed by atoms with Gasteiger partial charge < -0.3 is 15.1 Å². The number of nitrogens with one attached hydrogen (secondary N) is 2. The van der Waals surface area contributed by atoms with Crippen LogP contribution in [0.15, 0.2) is 94.4 Å². The van der Waals surface area contributed by atoms with Gasteiger partial charge in [0.25, 0.3) is 15.9 Å². The lowest BCUT2D eigenvalue weighted by molar-refractivity contribution is -0.137. The fourth-order valence-electron chi connectivity index (χ4n) is 3.82. The summed E-state index contributed by atoms with van der Waals surface area (Å²) in [5.41, 5.74) is -0.803. The van der Waals surface area contributed by atoms with Gasteiger partial charge in [0.15, 0.2) is 0 Å². The molecule has 0 atom stereocenters. The second-order valence-electron chi connectivity index (χ2n) is 8.84. The van der Waals surface area contributed by atoms with Crippen LogP contribution >= 0.6 is 11.6 Å². The minimum Gasteiger partial charge on any atom is -0.467 e. The number of anilines is 2. The zero-order chi connectivity index (χ0) is 29.8. The van der Waals surface area contributed by atoms with Crippen molar-refractivity contribution in [3.8, 4) is 0 Å². The second-order valence-corrected chi connectivity index (χ2v) is 11.1. The smallest absolute Gasteiger partial charge is 0.417 e. The van der Waals surface area contributed by atoms with Crippen LogP contribution in [0.3, 0.4) is 0 Å². The fourth-order valence-corrected chi connectivity index (χ4v) is 5.46. The molecule has 13 heteroatoms. The van der Waals surface area contributed by atoms with E-state index in [1.54, 1.807) is 31.2 Å². The van der Waals surface area contributed by atoms with Crippen LogP contribution in [0.4, 0.5) is 24.5 Å². The minimum absolute atomic E-state index is 0.0641. The highest BCUT2D eigenvalue weighted by molar-refractivity contribution is 7.92. The van der Waals surface area contributed by atoms with Crippen molar-refractivity contribution in [2.75, 3.05) is 16.2 Å². The molecule has 0 bridgehead atoms. The zero-order valence-corrected chi connectivity index (χ0v) is 23.0. The summed E-state index contributed by atoms with van der Waals surface area (Å²) < 4.78 is 73.8. The number of benzene rings is 3. The number of furan rings is 1. The molecule has 0 saturated heterocycles. The maximum absolute atomic E-state index is 13.6. The third-order valence-electron chi connectivity index (χ3n) is 5.89. The Kier molecular flexibility index (Phi) is 8.74. The third kappa shape index (κ3) is 7.08. The van der Waals surface area contributed by atoms with Crippen LogP contribution in [0.5, 0.6) is 0 Å². The molecular weight excluding hydrogens is 583 g/mol.